The van der Waals surface area contributed by atoms with Crippen molar-refractivity contribution in [3.63, 3.8) is 0 Å². The molecule has 1 atom stereocenters. The predicted molar refractivity (Wildman–Crippen MR) is 198 cm³/mol. The van der Waals surface area contributed by atoms with Crippen molar-refractivity contribution < 1.29 is 45.7 Å². The number of ether oxygens (including phenoxy) is 3. The van der Waals surface area contributed by atoms with Crippen molar-refractivity contribution in [2.45, 2.75) is 89.4 Å². The van der Waals surface area contributed by atoms with Gasteiger partial charge in [-0.25, -0.2) is 8.42 Å². The van der Waals surface area contributed by atoms with Gasteiger partial charge in [-0.05, 0) is 100 Å². The van der Waals surface area contributed by atoms with Crippen LogP contribution in [0.2, 0.25) is 0 Å². The first kappa shape index (κ1) is 39.9. The first-order chi connectivity index (χ1) is 26.4. The van der Waals surface area contributed by atoms with E-state index in [0.29, 0.717) is 66.4 Å². The van der Waals surface area contributed by atoms with Crippen molar-refractivity contribution in [2.24, 2.45) is 5.41 Å². The number of carboxylic acid groups (broad SMARTS) is 1. The summed E-state index contributed by atoms with van der Waals surface area (Å²) in [6, 6.07) is 8.39. The number of hydrogen-bond donors (Lipinski definition) is 1. The molecule has 0 unspecified atom stereocenters. The van der Waals surface area contributed by atoms with Crippen molar-refractivity contribution in [2.75, 3.05) is 46.0 Å². The highest BCUT2D eigenvalue weighted by Gasteiger charge is 2.47. The van der Waals surface area contributed by atoms with Crippen LogP contribution in [0.1, 0.15) is 84.7 Å². The summed E-state index contributed by atoms with van der Waals surface area (Å²) in [4.78, 5) is 19.8. The van der Waals surface area contributed by atoms with Crippen LogP contribution in [0.3, 0.4) is 0 Å². The maximum Gasteiger partial charge on any atom is 0.452 e. The van der Waals surface area contributed by atoms with Crippen LogP contribution in [0.15, 0.2) is 41.4 Å². The number of carboxylic acids is 1. The molecule has 4 aromatic rings. The van der Waals surface area contributed by atoms with Crippen LogP contribution in [0.5, 0.6) is 11.8 Å². The zero-order chi connectivity index (χ0) is 40.2. The number of hydrogen-bond acceptors (Lipinski definition) is 10. The van der Waals surface area contributed by atoms with Gasteiger partial charge in [0.05, 0.1) is 25.2 Å². The van der Waals surface area contributed by atoms with E-state index in [1.165, 1.54) is 16.6 Å². The number of aliphatic carboxylic acids is 1. The van der Waals surface area contributed by atoms with Gasteiger partial charge in [0.2, 0.25) is 27.6 Å². The van der Waals surface area contributed by atoms with Crippen molar-refractivity contribution in [3.8, 4) is 11.8 Å². The zero-order valence-electron chi connectivity index (χ0n) is 32.1. The molecule has 1 aromatic carbocycles. The van der Waals surface area contributed by atoms with Crippen LogP contribution >= 0.6 is 0 Å². The molecule has 7 rings (SSSR count). The largest absolute Gasteiger partial charge is 0.481 e. The fraction of sp³-hybridized carbons (Fsp3) is 0.538. The van der Waals surface area contributed by atoms with Gasteiger partial charge in [0.25, 0.3) is 0 Å². The van der Waals surface area contributed by atoms with Crippen LogP contribution in [0.4, 0.5) is 13.2 Å². The maximum atomic E-state index is 14.7. The molecule has 13 nitrogen and oxygen atoms in total. The molecule has 0 aliphatic carbocycles. The quantitative estimate of drug-likeness (QED) is 0.204. The lowest BCUT2D eigenvalue weighted by atomic mass is 9.70. The van der Waals surface area contributed by atoms with Gasteiger partial charge in [0.1, 0.15) is 17.1 Å². The van der Waals surface area contributed by atoms with Crippen LogP contribution < -0.4 is 9.47 Å². The molecule has 2 saturated heterocycles. The van der Waals surface area contributed by atoms with E-state index < -0.39 is 44.9 Å². The van der Waals surface area contributed by atoms with Gasteiger partial charge in [-0.2, -0.15) is 22.5 Å². The third-order valence-electron chi connectivity index (χ3n) is 11.5. The molecular weight excluding hydrogens is 754 g/mol. The van der Waals surface area contributed by atoms with Gasteiger partial charge in [-0.15, -0.1) is 10.2 Å². The molecule has 0 bridgehead atoms. The minimum atomic E-state index is -4.75. The highest BCUT2D eigenvalue weighted by Crippen LogP contribution is 2.45. The predicted octanol–water partition coefficient (Wildman–Crippen LogP) is 5.92. The summed E-state index contributed by atoms with van der Waals surface area (Å²) in [7, 11) is -4.21. The highest BCUT2D eigenvalue weighted by molar-refractivity contribution is 7.89. The fourth-order valence-electron chi connectivity index (χ4n) is 8.11. The summed E-state index contributed by atoms with van der Waals surface area (Å²) in [5.74, 6) is -2.89. The normalized spacial score (nSPS) is 19.4. The van der Waals surface area contributed by atoms with E-state index in [-0.39, 0.29) is 29.5 Å². The van der Waals surface area contributed by atoms with E-state index in [4.69, 9.17) is 14.2 Å². The number of benzene rings is 1. The molecule has 2 fully saturated rings. The molecule has 17 heteroatoms. The lowest BCUT2D eigenvalue weighted by Gasteiger charge is -2.38. The van der Waals surface area contributed by atoms with E-state index in [1.807, 2.05) is 6.92 Å². The third-order valence-corrected chi connectivity index (χ3v) is 13.3. The minimum Gasteiger partial charge on any atom is -0.481 e. The highest BCUT2D eigenvalue weighted by atomic mass is 32.2. The van der Waals surface area contributed by atoms with Crippen LogP contribution in [0.25, 0.3) is 5.65 Å². The van der Waals surface area contributed by atoms with Crippen molar-refractivity contribution in [1.82, 2.24) is 28.8 Å². The Morgan fingerprint density at radius 2 is 1.75 bits per heavy atom. The second-order valence-corrected chi connectivity index (χ2v) is 17.6. The molecule has 3 aliphatic heterocycles. The van der Waals surface area contributed by atoms with Gasteiger partial charge in [0.15, 0.2) is 5.65 Å². The number of halogens is 3. The summed E-state index contributed by atoms with van der Waals surface area (Å²) in [5.41, 5.74) is 0.814. The smallest absolute Gasteiger partial charge is 0.452 e. The topological polar surface area (TPSA) is 149 Å². The van der Waals surface area contributed by atoms with Crippen molar-refractivity contribution in [1.29, 1.82) is 0 Å². The zero-order valence-corrected chi connectivity index (χ0v) is 33.0. The number of pyridine rings is 2. The molecule has 1 spiro atoms. The van der Waals surface area contributed by atoms with E-state index in [2.05, 4.69) is 20.1 Å². The average Bonchev–Trinajstić information content (AvgIpc) is 3.81. The van der Waals surface area contributed by atoms with Gasteiger partial charge < -0.3 is 19.3 Å². The number of fused-ring (bicyclic) bond motifs is 2. The lowest BCUT2D eigenvalue weighted by molar-refractivity contribution is -0.147. The summed E-state index contributed by atoms with van der Waals surface area (Å²) < 4.78 is 91.2. The number of likely N-dealkylation sites (tertiary alicyclic amines) is 1. The fourth-order valence-corrected chi connectivity index (χ4v) is 9.73. The molecular formula is C39H47F3N6O7S. The molecule has 3 aliphatic rings. The molecule has 1 N–H and O–H groups in total. The van der Waals surface area contributed by atoms with Crippen LogP contribution in [-0.4, -0.2) is 99.9 Å². The molecule has 0 radical (unpaired) electrons. The second-order valence-electron chi connectivity index (χ2n) is 15.7. The van der Waals surface area contributed by atoms with Gasteiger partial charge in [-0.3, -0.25) is 14.1 Å². The monoisotopic (exact) mass is 800 g/mol. The Morgan fingerprint density at radius 3 is 2.43 bits per heavy atom. The van der Waals surface area contributed by atoms with Gasteiger partial charge >= 0.3 is 12.1 Å². The van der Waals surface area contributed by atoms with E-state index in [9.17, 15) is 31.5 Å². The number of aromatic nitrogens is 4. The second kappa shape index (κ2) is 14.9. The molecule has 56 heavy (non-hydrogen) atoms. The Kier molecular flexibility index (Phi) is 10.6. The van der Waals surface area contributed by atoms with Gasteiger partial charge in [0, 0.05) is 43.6 Å². The number of carbonyl (C=O) groups is 1. The third kappa shape index (κ3) is 7.45. The molecule has 6 heterocycles. The summed E-state index contributed by atoms with van der Waals surface area (Å²) in [5, 5.41) is 17.7. The summed E-state index contributed by atoms with van der Waals surface area (Å²) >= 11 is 0. The van der Waals surface area contributed by atoms with Crippen LogP contribution in [0, 0.1) is 26.2 Å². The van der Waals surface area contributed by atoms with Crippen molar-refractivity contribution in [3.05, 3.63) is 75.7 Å². The summed E-state index contributed by atoms with van der Waals surface area (Å²) in [6.45, 7) is 12.2. The lowest BCUT2D eigenvalue weighted by Crippen LogP contribution is -2.50. The number of nitrogens with zero attached hydrogens (tertiary/aromatic N) is 6. The Morgan fingerprint density at radius 1 is 1.04 bits per heavy atom. The van der Waals surface area contributed by atoms with Crippen LogP contribution in [-0.2, 0) is 32.3 Å². The number of aryl methyl sites for hydroxylation is 3. The SMILES string of the molecule is Cc1ccc([C@@H](c2ccn3c(C(F)(F)F)nnc3c2C)C(C)(C)C(=O)O)cc1CN1CC2(CCOCC2)Oc2nc(OCCN3CCCC3)c(C)cc2S1(=O)=O. The molecule has 0 saturated carbocycles. The van der Waals surface area contributed by atoms with Crippen molar-refractivity contribution >= 4 is 21.6 Å². The number of alkyl halides is 3. The Hall–Kier alpha value is -4.32. The number of sulfonamides is 1. The molecule has 302 valence electrons. The van der Waals surface area contributed by atoms with E-state index >= 15 is 0 Å². The van der Waals surface area contributed by atoms with E-state index in [0.717, 1.165) is 42.4 Å². The Labute approximate surface area is 323 Å². The standard InChI is InChI=1S/C39H47F3N6O7S/c1-24-8-9-27(31(37(4,5)36(49)50)29-10-15-48-32(26(29)3)44-45-35(48)39(40,41)42)21-28(24)22-47-23-38(11-17-53-18-12-38)55-34-30(56(47,51)52)20-25(2)33(43-34)54-19-16-46-13-6-7-14-46/h8-10,15,20-21,31H,6-7,11-14,16-19,22-23H2,1-5H3,(H,49,50)/t31-/m0/s1. The first-order valence-corrected chi connectivity index (χ1v) is 20.2. The molecule has 0 amide bonds. The maximum absolute atomic E-state index is 14.7. The average molecular weight is 801 g/mol. The Bertz CT molecular complexity index is 2250. The van der Waals surface area contributed by atoms with E-state index in [1.54, 1.807) is 52.0 Å². The van der Waals surface area contributed by atoms with Gasteiger partial charge in [-0.1, -0.05) is 18.2 Å². The first-order valence-electron chi connectivity index (χ1n) is 18.8. The minimum absolute atomic E-state index is 0.0111. The summed E-state index contributed by atoms with van der Waals surface area (Å²) in [6.07, 6.45) is -0.386. The number of rotatable bonds is 10. The molecule has 3 aromatic heterocycles. The Balaban J connectivity index is 1.27.